The van der Waals surface area contributed by atoms with Crippen molar-refractivity contribution in [1.82, 2.24) is 0 Å². The van der Waals surface area contributed by atoms with Gasteiger partial charge in [-0.2, -0.15) is 0 Å². The predicted molar refractivity (Wildman–Crippen MR) is 59.3 cm³/mol. The average Bonchev–Trinajstić information content (AvgIpc) is 2.09. The van der Waals surface area contributed by atoms with E-state index in [1.165, 1.54) is 0 Å². The molecule has 0 unspecified atom stereocenters. The topological polar surface area (TPSA) is 35.5 Å². The molecule has 0 amide bonds. The quantitative estimate of drug-likeness (QED) is 0.399. The molecule has 0 fully saturated rings. The first-order valence-corrected chi connectivity index (χ1v) is 4.82. The van der Waals surface area contributed by atoms with Crippen LogP contribution in [0.1, 0.15) is 27.7 Å². The molecule has 0 aliphatic carbocycles. The van der Waals surface area contributed by atoms with E-state index in [1.807, 2.05) is 6.92 Å². The zero-order valence-electron chi connectivity index (χ0n) is 9.79. The number of hydrogen-bond acceptors (Lipinski definition) is 3. The Morgan fingerprint density at radius 2 is 2.13 bits per heavy atom. The largest absolute Gasteiger partial charge is 0.509 e. The van der Waals surface area contributed by atoms with Crippen molar-refractivity contribution >= 4 is 6.16 Å². The van der Waals surface area contributed by atoms with Crippen LogP contribution in [0.25, 0.3) is 0 Å². The summed E-state index contributed by atoms with van der Waals surface area (Å²) in [4.78, 5) is 11.0. The van der Waals surface area contributed by atoms with E-state index in [9.17, 15) is 4.79 Å². The molecule has 0 saturated heterocycles. The third kappa shape index (κ3) is 8.89. The molecule has 0 saturated carbocycles. The first-order chi connectivity index (χ1) is 6.85. The minimum atomic E-state index is -0.692. The highest BCUT2D eigenvalue weighted by atomic mass is 16.7. The van der Waals surface area contributed by atoms with E-state index >= 15 is 0 Å². The normalized spacial score (nSPS) is 12.0. The molecule has 1 atom stereocenters. The van der Waals surface area contributed by atoms with Gasteiger partial charge in [-0.25, -0.2) is 4.79 Å². The van der Waals surface area contributed by atoms with Gasteiger partial charge in [0.2, 0.25) is 0 Å². The zero-order valence-corrected chi connectivity index (χ0v) is 9.79. The van der Waals surface area contributed by atoms with E-state index in [0.29, 0.717) is 0 Å². The Morgan fingerprint density at radius 1 is 1.53 bits per heavy atom. The maximum absolute atomic E-state index is 11.0. The fraction of sp³-hybridized carbons (Fsp3) is 0.583. The molecule has 0 aromatic rings. The number of rotatable bonds is 2. The minimum Gasteiger partial charge on any atom is -0.429 e. The predicted octanol–water partition coefficient (Wildman–Crippen LogP) is 2.76. The molecule has 0 spiro atoms. The summed E-state index contributed by atoms with van der Waals surface area (Å²) in [5, 5.41) is 0. The molecule has 0 N–H and O–H groups in total. The molecule has 0 rings (SSSR count). The molecular formula is C12H18O3. The van der Waals surface area contributed by atoms with E-state index in [2.05, 4.69) is 18.4 Å². The van der Waals surface area contributed by atoms with E-state index in [-0.39, 0.29) is 12.5 Å². The smallest absolute Gasteiger partial charge is 0.429 e. The minimum absolute atomic E-state index is 0.0487. The second kappa shape index (κ2) is 6.13. The Morgan fingerprint density at radius 3 is 2.60 bits per heavy atom. The van der Waals surface area contributed by atoms with Gasteiger partial charge in [0.25, 0.3) is 0 Å². The lowest BCUT2D eigenvalue weighted by atomic mass is 10.2. The van der Waals surface area contributed by atoms with Crippen molar-refractivity contribution in [2.45, 2.75) is 33.3 Å². The Kier molecular flexibility index (Phi) is 5.54. The van der Waals surface area contributed by atoms with Crippen LogP contribution in [0.15, 0.2) is 12.7 Å². The fourth-order valence-corrected chi connectivity index (χ4v) is 0.636. The summed E-state index contributed by atoms with van der Waals surface area (Å²) in [6, 6.07) is 0. The van der Waals surface area contributed by atoms with Gasteiger partial charge in [-0.3, -0.25) is 0 Å². The maximum Gasteiger partial charge on any atom is 0.509 e. The number of carbonyl (C=O) groups excluding carboxylic acids is 1. The molecule has 0 aliphatic rings. The van der Waals surface area contributed by atoms with Crippen LogP contribution in [0.5, 0.6) is 0 Å². The lowest BCUT2D eigenvalue weighted by Crippen LogP contribution is -2.24. The number of carbonyl (C=O) groups is 1. The van der Waals surface area contributed by atoms with Crippen LogP contribution in [0.4, 0.5) is 4.79 Å². The van der Waals surface area contributed by atoms with Crippen molar-refractivity contribution in [3.8, 4) is 11.8 Å². The van der Waals surface area contributed by atoms with Crippen molar-refractivity contribution in [3.05, 3.63) is 12.7 Å². The van der Waals surface area contributed by atoms with E-state index in [0.717, 1.165) is 0 Å². The van der Waals surface area contributed by atoms with E-state index in [4.69, 9.17) is 9.47 Å². The Hall–Kier alpha value is -1.43. The van der Waals surface area contributed by atoms with Gasteiger partial charge in [-0.1, -0.05) is 17.9 Å². The summed E-state index contributed by atoms with van der Waals surface area (Å²) in [5.74, 6) is 5.66. The Labute approximate surface area is 91.5 Å². The molecule has 0 aromatic carbocycles. The summed E-state index contributed by atoms with van der Waals surface area (Å²) < 4.78 is 9.67. The highest BCUT2D eigenvalue weighted by molar-refractivity contribution is 5.60. The van der Waals surface area contributed by atoms with E-state index in [1.54, 1.807) is 26.8 Å². The van der Waals surface area contributed by atoms with Crippen LogP contribution in [0.3, 0.4) is 0 Å². The molecule has 0 aromatic heterocycles. The lowest BCUT2D eigenvalue weighted by molar-refractivity contribution is -0.00164. The third-order valence-electron chi connectivity index (χ3n) is 1.33. The first kappa shape index (κ1) is 13.6. The Balaban J connectivity index is 3.81. The van der Waals surface area contributed by atoms with E-state index < -0.39 is 11.8 Å². The molecule has 3 heteroatoms. The van der Waals surface area contributed by atoms with Crippen LogP contribution in [-0.2, 0) is 9.47 Å². The summed E-state index contributed by atoms with van der Waals surface area (Å²) in [6.45, 7) is 10.9. The molecule has 15 heavy (non-hydrogen) atoms. The molecule has 0 heterocycles. The van der Waals surface area contributed by atoms with Gasteiger partial charge in [0.05, 0.1) is 0 Å². The van der Waals surface area contributed by atoms with Crippen molar-refractivity contribution in [2.24, 2.45) is 5.92 Å². The summed E-state index contributed by atoms with van der Waals surface area (Å²) in [6.07, 6.45) is 1.03. The highest BCUT2D eigenvalue weighted by Crippen LogP contribution is 2.07. The molecule has 0 radical (unpaired) electrons. The van der Waals surface area contributed by atoms with Crippen LogP contribution in [0, 0.1) is 17.8 Å². The third-order valence-corrected chi connectivity index (χ3v) is 1.33. The van der Waals surface area contributed by atoms with Crippen molar-refractivity contribution < 1.29 is 14.3 Å². The molecule has 84 valence electrons. The van der Waals surface area contributed by atoms with Gasteiger partial charge in [0, 0.05) is 5.92 Å². The Bertz CT molecular complexity index is 275. The molecule has 0 bridgehead atoms. The van der Waals surface area contributed by atoms with Gasteiger partial charge in [-0.15, -0.1) is 6.58 Å². The zero-order chi connectivity index (χ0) is 11.9. The second-order valence-corrected chi connectivity index (χ2v) is 4.10. The number of hydrogen-bond donors (Lipinski definition) is 0. The maximum atomic E-state index is 11.0. The first-order valence-electron chi connectivity index (χ1n) is 4.82. The van der Waals surface area contributed by atoms with Crippen LogP contribution in [-0.4, -0.2) is 18.4 Å². The van der Waals surface area contributed by atoms with Crippen molar-refractivity contribution in [1.29, 1.82) is 0 Å². The molecular weight excluding hydrogens is 192 g/mol. The van der Waals surface area contributed by atoms with Gasteiger partial charge < -0.3 is 9.47 Å². The monoisotopic (exact) mass is 210 g/mol. The highest BCUT2D eigenvalue weighted by Gasteiger charge is 2.16. The summed E-state index contributed by atoms with van der Waals surface area (Å²) >= 11 is 0. The number of allylic oxidation sites excluding steroid dienone is 1. The van der Waals surface area contributed by atoms with Crippen LogP contribution in [0.2, 0.25) is 0 Å². The summed E-state index contributed by atoms with van der Waals surface area (Å²) in [7, 11) is 0. The number of ether oxygens (including phenoxy) is 2. The lowest BCUT2D eigenvalue weighted by Gasteiger charge is -2.18. The SMILES string of the molecule is C=C[C@@H](C)C#CCOC(=O)OC(C)(C)C. The molecule has 0 aliphatic heterocycles. The second-order valence-electron chi connectivity index (χ2n) is 4.10. The van der Waals surface area contributed by atoms with Gasteiger partial charge in [0.1, 0.15) is 5.60 Å². The van der Waals surface area contributed by atoms with Gasteiger partial charge in [0.15, 0.2) is 6.61 Å². The van der Waals surface area contributed by atoms with Crippen molar-refractivity contribution in [3.63, 3.8) is 0 Å². The average molecular weight is 210 g/mol. The molecule has 3 nitrogen and oxygen atoms in total. The van der Waals surface area contributed by atoms with Gasteiger partial charge >= 0.3 is 6.16 Å². The fourth-order valence-electron chi connectivity index (χ4n) is 0.636. The summed E-state index contributed by atoms with van der Waals surface area (Å²) in [5.41, 5.74) is -0.529. The van der Waals surface area contributed by atoms with Crippen molar-refractivity contribution in [2.75, 3.05) is 6.61 Å². The van der Waals surface area contributed by atoms with Crippen LogP contribution < -0.4 is 0 Å². The van der Waals surface area contributed by atoms with Crippen LogP contribution >= 0.6 is 0 Å². The van der Waals surface area contributed by atoms with Gasteiger partial charge in [-0.05, 0) is 27.7 Å². The standard InChI is InChI=1S/C12H18O3/c1-6-10(2)8-7-9-14-11(13)15-12(3,4)5/h6,10H,1,9H2,2-5H3/t10-/m1/s1.